The Hall–Kier alpha value is -1.00. The summed E-state index contributed by atoms with van der Waals surface area (Å²) in [7, 11) is 0. The monoisotopic (exact) mass is 267 g/mol. The largest absolute Gasteiger partial charge is 0.401 e. The summed E-state index contributed by atoms with van der Waals surface area (Å²) in [4.78, 5) is 0. The van der Waals surface area contributed by atoms with Crippen LogP contribution in [0.2, 0.25) is 0 Å². The van der Waals surface area contributed by atoms with Crippen molar-refractivity contribution in [2.24, 2.45) is 29.2 Å². The first-order valence-corrected chi connectivity index (χ1v) is 7.26. The van der Waals surface area contributed by atoms with E-state index in [9.17, 15) is 0 Å². The number of rotatable bonds is 6. The smallest absolute Gasteiger partial charge is 0.112 e. The van der Waals surface area contributed by atoms with E-state index in [1.807, 2.05) is 6.20 Å². The van der Waals surface area contributed by atoms with E-state index in [-0.39, 0.29) is 6.73 Å². The van der Waals surface area contributed by atoms with Gasteiger partial charge in [-0.1, -0.05) is 25.8 Å². The zero-order valence-electron chi connectivity index (χ0n) is 12.4. The van der Waals surface area contributed by atoms with Crippen LogP contribution in [-0.4, -0.2) is 18.4 Å². The van der Waals surface area contributed by atoms with Gasteiger partial charge in [-0.15, -0.1) is 0 Å². The molecule has 3 unspecified atom stereocenters. The molecule has 0 aliphatic heterocycles. The third-order valence-corrected chi connectivity index (χ3v) is 4.14. The summed E-state index contributed by atoms with van der Waals surface area (Å²) >= 11 is 0. The average Bonchev–Trinajstić information content (AvgIpc) is 2.72. The lowest BCUT2D eigenvalue weighted by atomic mass is 9.85. The first-order valence-electron chi connectivity index (χ1n) is 7.26. The molecular weight excluding hydrogens is 238 g/mol. The number of nitrogens with one attached hydrogen (secondary N) is 1. The van der Waals surface area contributed by atoms with Crippen molar-refractivity contribution >= 4 is 0 Å². The fourth-order valence-electron chi connectivity index (χ4n) is 3.46. The Bertz CT molecular complexity index is 349. The Balaban J connectivity index is 3.06. The second kappa shape index (κ2) is 7.56. The van der Waals surface area contributed by atoms with Crippen LogP contribution in [0.4, 0.5) is 0 Å². The molecule has 110 valence electrons. The lowest BCUT2D eigenvalue weighted by Gasteiger charge is -2.22. The molecule has 19 heavy (non-hydrogen) atoms. The topological polar surface area (TPSA) is 84.3 Å². The van der Waals surface area contributed by atoms with Crippen LogP contribution >= 0.6 is 0 Å². The summed E-state index contributed by atoms with van der Waals surface area (Å²) in [5, 5.41) is 11.7. The van der Waals surface area contributed by atoms with Crippen LogP contribution in [-0.2, 0) is 0 Å². The van der Waals surface area contributed by atoms with Crippen molar-refractivity contribution in [3.05, 3.63) is 23.0 Å². The Labute approximate surface area is 116 Å². The summed E-state index contributed by atoms with van der Waals surface area (Å²) in [5.74, 6) is 1.50. The number of aliphatic hydroxyl groups is 1. The van der Waals surface area contributed by atoms with Crippen molar-refractivity contribution in [3.63, 3.8) is 0 Å². The van der Waals surface area contributed by atoms with Crippen LogP contribution in [0, 0.1) is 17.8 Å². The van der Waals surface area contributed by atoms with Crippen LogP contribution in [0.5, 0.6) is 0 Å². The molecule has 4 nitrogen and oxygen atoms in total. The van der Waals surface area contributed by atoms with Crippen molar-refractivity contribution in [2.45, 2.75) is 40.0 Å². The highest BCUT2D eigenvalue weighted by Crippen LogP contribution is 2.47. The normalized spacial score (nSPS) is 30.6. The predicted octanol–water partition coefficient (Wildman–Crippen LogP) is 1.67. The van der Waals surface area contributed by atoms with E-state index in [1.54, 1.807) is 0 Å². The van der Waals surface area contributed by atoms with E-state index in [2.05, 4.69) is 26.1 Å². The predicted molar refractivity (Wildman–Crippen MR) is 79.9 cm³/mol. The van der Waals surface area contributed by atoms with E-state index < -0.39 is 0 Å². The molecule has 0 bridgehead atoms. The summed E-state index contributed by atoms with van der Waals surface area (Å²) in [6.45, 7) is 6.98. The van der Waals surface area contributed by atoms with Crippen LogP contribution in [0.15, 0.2) is 23.0 Å². The maximum Gasteiger partial charge on any atom is 0.112 e. The molecule has 3 atom stereocenters. The zero-order chi connectivity index (χ0) is 14.4. The number of hydrogen-bond acceptors (Lipinski definition) is 4. The molecule has 0 radical (unpaired) electrons. The van der Waals surface area contributed by atoms with Crippen LogP contribution in [0.1, 0.15) is 40.0 Å². The molecule has 1 fully saturated rings. The molecule has 1 saturated carbocycles. The minimum absolute atomic E-state index is 0.0394. The van der Waals surface area contributed by atoms with Gasteiger partial charge >= 0.3 is 0 Å². The summed E-state index contributed by atoms with van der Waals surface area (Å²) in [5.41, 5.74) is 15.4. The molecule has 0 aromatic carbocycles. The Morgan fingerprint density at radius 1 is 1.53 bits per heavy atom. The minimum Gasteiger partial charge on any atom is -0.401 e. The van der Waals surface area contributed by atoms with Crippen LogP contribution < -0.4 is 16.8 Å². The molecule has 0 heterocycles. The lowest BCUT2D eigenvalue weighted by molar-refractivity contribution is 0.279. The number of aliphatic hydroxyl groups excluding tert-OH is 1. The minimum atomic E-state index is -0.0394. The van der Waals surface area contributed by atoms with Gasteiger partial charge in [-0.2, -0.15) is 0 Å². The van der Waals surface area contributed by atoms with E-state index in [0.29, 0.717) is 24.3 Å². The van der Waals surface area contributed by atoms with Crippen molar-refractivity contribution in [1.82, 2.24) is 5.32 Å². The van der Waals surface area contributed by atoms with Gasteiger partial charge in [-0.3, -0.25) is 0 Å². The second-order valence-corrected chi connectivity index (χ2v) is 5.61. The van der Waals surface area contributed by atoms with E-state index in [4.69, 9.17) is 16.6 Å². The maximum atomic E-state index is 8.87. The molecular formula is C15H29N3O. The third-order valence-electron chi connectivity index (χ3n) is 4.14. The van der Waals surface area contributed by atoms with Crippen molar-refractivity contribution in [1.29, 1.82) is 0 Å². The van der Waals surface area contributed by atoms with Gasteiger partial charge in [0.15, 0.2) is 0 Å². The Kier molecular flexibility index (Phi) is 6.38. The quantitative estimate of drug-likeness (QED) is 0.552. The van der Waals surface area contributed by atoms with Gasteiger partial charge in [0.1, 0.15) is 6.73 Å². The van der Waals surface area contributed by atoms with Gasteiger partial charge in [0.2, 0.25) is 0 Å². The van der Waals surface area contributed by atoms with Crippen molar-refractivity contribution in [3.8, 4) is 0 Å². The first-order chi connectivity index (χ1) is 9.06. The van der Waals surface area contributed by atoms with Gasteiger partial charge in [0, 0.05) is 18.2 Å². The molecule has 0 aromatic heterocycles. The third kappa shape index (κ3) is 3.74. The number of nitrogens with two attached hydrogens (primary N) is 2. The molecule has 0 amide bonds. The summed E-state index contributed by atoms with van der Waals surface area (Å²) in [6, 6.07) is 0. The number of hydrogen-bond donors (Lipinski definition) is 4. The fourth-order valence-corrected chi connectivity index (χ4v) is 3.46. The van der Waals surface area contributed by atoms with Crippen LogP contribution in [0.3, 0.4) is 0 Å². The lowest BCUT2D eigenvalue weighted by Crippen LogP contribution is -2.21. The maximum absolute atomic E-state index is 8.87. The number of allylic oxidation sites excluding steroid dienone is 2. The molecule has 1 aliphatic carbocycles. The average molecular weight is 267 g/mol. The van der Waals surface area contributed by atoms with E-state index in [1.165, 1.54) is 30.4 Å². The van der Waals surface area contributed by atoms with Gasteiger partial charge in [0.25, 0.3) is 0 Å². The molecule has 0 aromatic rings. The first kappa shape index (κ1) is 16.1. The van der Waals surface area contributed by atoms with Crippen LogP contribution in [0.25, 0.3) is 0 Å². The van der Waals surface area contributed by atoms with Crippen molar-refractivity contribution < 1.29 is 5.11 Å². The summed E-state index contributed by atoms with van der Waals surface area (Å²) < 4.78 is 0. The summed E-state index contributed by atoms with van der Waals surface area (Å²) in [6.07, 6.45) is 5.43. The van der Waals surface area contributed by atoms with E-state index >= 15 is 0 Å². The standard InChI is InChI=1S/C15H29N3O/c1-4-5-12-6-10(2)14(11(3)8-18-9-19)15(12)13(17)7-16/h8,10,12,14,18-19H,4-7,9,16-17H2,1-3H3/b11-8-,15-13+. The molecule has 4 heteroatoms. The molecule has 0 saturated heterocycles. The molecule has 1 rings (SSSR count). The zero-order valence-corrected chi connectivity index (χ0v) is 12.4. The molecule has 1 aliphatic rings. The highest BCUT2D eigenvalue weighted by Gasteiger charge is 2.37. The fraction of sp³-hybridized carbons (Fsp3) is 0.733. The second-order valence-electron chi connectivity index (χ2n) is 5.61. The van der Waals surface area contributed by atoms with Gasteiger partial charge in [-0.05, 0) is 43.4 Å². The Morgan fingerprint density at radius 3 is 2.74 bits per heavy atom. The van der Waals surface area contributed by atoms with E-state index in [0.717, 1.165) is 5.70 Å². The highest BCUT2D eigenvalue weighted by molar-refractivity contribution is 5.31. The van der Waals surface area contributed by atoms with Gasteiger partial charge in [0.05, 0.1) is 0 Å². The SMILES string of the molecule is CCCC1CC(C)C(/C(C)=C\NCO)/C1=C(/N)CN. The highest BCUT2D eigenvalue weighted by atomic mass is 16.3. The molecule has 6 N–H and O–H groups in total. The van der Waals surface area contributed by atoms with Gasteiger partial charge in [-0.25, -0.2) is 0 Å². The van der Waals surface area contributed by atoms with Gasteiger partial charge < -0.3 is 21.9 Å². The Morgan fingerprint density at radius 2 is 2.21 bits per heavy atom. The van der Waals surface area contributed by atoms with Crippen molar-refractivity contribution in [2.75, 3.05) is 13.3 Å². The molecule has 0 spiro atoms.